The van der Waals surface area contributed by atoms with Crippen LogP contribution in [0.2, 0.25) is 0 Å². The first kappa shape index (κ1) is 15.4. The van der Waals surface area contributed by atoms with Crippen molar-refractivity contribution in [3.63, 3.8) is 0 Å². The zero-order valence-electron chi connectivity index (χ0n) is 14.2. The van der Waals surface area contributed by atoms with Gasteiger partial charge in [-0.25, -0.2) is 0 Å². The number of benzene rings is 1. The maximum atomic E-state index is 12.1. The molecule has 1 aliphatic rings. The minimum Gasteiger partial charge on any atom is -0.379 e. The Morgan fingerprint density at radius 3 is 2.83 bits per heavy atom. The summed E-state index contributed by atoms with van der Waals surface area (Å²) in [5, 5.41) is 2.39. The number of morpholine rings is 1. The van der Waals surface area contributed by atoms with Gasteiger partial charge in [-0.3, -0.25) is 9.69 Å². The summed E-state index contributed by atoms with van der Waals surface area (Å²) in [5.41, 5.74) is 3.31. The highest BCUT2D eigenvalue weighted by atomic mass is 16.5. The van der Waals surface area contributed by atoms with Gasteiger partial charge in [0, 0.05) is 54.9 Å². The monoisotopic (exact) mass is 325 g/mol. The Labute approximate surface area is 140 Å². The van der Waals surface area contributed by atoms with E-state index in [1.165, 1.54) is 10.8 Å². The largest absolute Gasteiger partial charge is 0.379 e. The van der Waals surface area contributed by atoms with Crippen LogP contribution in [0.25, 0.3) is 21.8 Å². The number of pyridine rings is 1. The summed E-state index contributed by atoms with van der Waals surface area (Å²) in [6, 6.07) is 6.00. The third-order valence-corrected chi connectivity index (χ3v) is 5.10. The standard InChI is InChI=1S/C19H23N3O2/c1-13-9-15(23)10-17-19(13)16-3-4-20-11-18(16)22(17)12-14(2)21-5-7-24-8-6-21/h3-4,9-11,14,20H,5-8,12H2,1-2H3. The van der Waals surface area contributed by atoms with Crippen LogP contribution in [0.15, 0.2) is 35.4 Å². The van der Waals surface area contributed by atoms with E-state index >= 15 is 0 Å². The molecule has 1 atom stereocenters. The quantitative estimate of drug-likeness (QED) is 0.805. The molecule has 0 radical (unpaired) electrons. The van der Waals surface area contributed by atoms with Crippen LogP contribution in [0.3, 0.4) is 0 Å². The fraction of sp³-hybridized carbons (Fsp3) is 0.421. The molecule has 0 spiro atoms. The van der Waals surface area contributed by atoms with Crippen LogP contribution >= 0.6 is 0 Å². The van der Waals surface area contributed by atoms with Crippen molar-refractivity contribution in [2.75, 3.05) is 26.3 Å². The highest BCUT2D eigenvalue weighted by Crippen LogP contribution is 2.30. The van der Waals surface area contributed by atoms with Crippen molar-refractivity contribution in [1.82, 2.24) is 14.5 Å². The van der Waals surface area contributed by atoms with Gasteiger partial charge in [0.2, 0.25) is 0 Å². The van der Waals surface area contributed by atoms with Gasteiger partial charge in [-0.15, -0.1) is 0 Å². The van der Waals surface area contributed by atoms with Crippen LogP contribution in [0.1, 0.15) is 12.5 Å². The molecule has 2 aromatic heterocycles. The van der Waals surface area contributed by atoms with Crippen LogP contribution < -0.4 is 5.43 Å². The van der Waals surface area contributed by atoms with Crippen LogP contribution in [-0.4, -0.2) is 46.8 Å². The molecule has 0 aliphatic carbocycles. The van der Waals surface area contributed by atoms with Gasteiger partial charge >= 0.3 is 0 Å². The lowest BCUT2D eigenvalue weighted by atomic mass is 10.1. The smallest absolute Gasteiger partial charge is 0.181 e. The third kappa shape index (κ3) is 2.54. The van der Waals surface area contributed by atoms with Gasteiger partial charge in [-0.1, -0.05) is 0 Å². The number of nitrogens with one attached hydrogen (secondary N) is 1. The van der Waals surface area contributed by atoms with E-state index in [9.17, 15) is 4.79 Å². The average Bonchev–Trinajstić information content (AvgIpc) is 2.90. The summed E-state index contributed by atoms with van der Waals surface area (Å²) >= 11 is 0. The van der Waals surface area contributed by atoms with Crippen LogP contribution in [0.5, 0.6) is 0 Å². The zero-order valence-corrected chi connectivity index (χ0v) is 14.2. The molecule has 3 heterocycles. The summed E-state index contributed by atoms with van der Waals surface area (Å²) in [6.45, 7) is 8.68. The fourth-order valence-corrected chi connectivity index (χ4v) is 3.88. The number of aromatic amines is 1. The lowest BCUT2D eigenvalue weighted by Gasteiger charge is -2.32. The highest BCUT2D eigenvalue weighted by molar-refractivity contribution is 6.09. The van der Waals surface area contributed by atoms with E-state index in [0.29, 0.717) is 6.04 Å². The number of nitrogens with zero attached hydrogens (tertiary/aromatic N) is 2. The zero-order chi connectivity index (χ0) is 16.7. The number of H-pyrrole nitrogens is 1. The van der Waals surface area contributed by atoms with Gasteiger partial charge < -0.3 is 14.3 Å². The van der Waals surface area contributed by atoms with Gasteiger partial charge in [0.1, 0.15) is 0 Å². The first-order valence-corrected chi connectivity index (χ1v) is 8.56. The van der Waals surface area contributed by atoms with Crippen LogP contribution in [0.4, 0.5) is 0 Å². The number of aromatic nitrogens is 2. The molecule has 5 heteroatoms. The molecular formula is C19H23N3O2. The number of fused-ring (bicyclic) bond motifs is 3. The lowest BCUT2D eigenvalue weighted by molar-refractivity contribution is 0.0174. The molecule has 1 fully saturated rings. The second kappa shape index (κ2) is 6.07. The molecule has 1 aromatic carbocycles. The molecule has 126 valence electrons. The van der Waals surface area contributed by atoms with E-state index in [4.69, 9.17) is 4.74 Å². The summed E-state index contributed by atoms with van der Waals surface area (Å²) in [6.07, 6.45) is 3.98. The fourth-order valence-electron chi connectivity index (χ4n) is 3.88. The lowest BCUT2D eigenvalue weighted by Crippen LogP contribution is -2.43. The number of aryl methyl sites for hydroxylation is 1. The number of hydrogen-bond acceptors (Lipinski definition) is 3. The van der Waals surface area contributed by atoms with E-state index in [1.54, 1.807) is 12.1 Å². The SMILES string of the molecule is Cc1cc(=O)cc2c1c1cc[nH]cc1n2CC(C)N1CCOCC1. The Morgan fingerprint density at radius 2 is 2.04 bits per heavy atom. The summed E-state index contributed by atoms with van der Waals surface area (Å²) in [4.78, 5) is 17.7. The topological polar surface area (TPSA) is 50.3 Å². The second-order valence-electron chi connectivity index (χ2n) is 6.69. The van der Waals surface area contributed by atoms with E-state index in [-0.39, 0.29) is 5.43 Å². The summed E-state index contributed by atoms with van der Waals surface area (Å²) in [5.74, 6) is 0. The van der Waals surface area contributed by atoms with Crippen molar-refractivity contribution in [2.24, 2.45) is 0 Å². The maximum Gasteiger partial charge on any atom is 0.181 e. The first-order valence-electron chi connectivity index (χ1n) is 8.56. The molecule has 24 heavy (non-hydrogen) atoms. The van der Waals surface area contributed by atoms with E-state index in [2.05, 4.69) is 27.4 Å². The van der Waals surface area contributed by atoms with Crippen molar-refractivity contribution in [2.45, 2.75) is 26.4 Å². The van der Waals surface area contributed by atoms with Crippen molar-refractivity contribution >= 4 is 21.8 Å². The molecule has 5 nitrogen and oxygen atoms in total. The van der Waals surface area contributed by atoms with E-state index in [0.717, 1.165) is 49.4 Å². The van der Waals surface area contributed by atoms with E-state index < -0.39 is 0 Å². The number of ether oxygens (including phenoxy) is 1. The van der Waals surface area contributed by atoms with Gasteiger partial charge in [-0.05, 0) is 31.5 Å². The first-order chi connectivity index (χ1) is 11.6. The molecular weight excluding hydrogens is 302 g/mol. The Bertz CT molecular complexity index is 935. The summed E-state index contributed by atoms with van der Waals surface area (Å²) in [7, 11) is 0. The minimum absolute atomic E-state index is 0.0760. The van der Waals surface area contributed by atoms with Crippen molar-refractivity contribution < 1.29 is 4.74 Å². The Balaban J connectivity index is 1.85. The normalized spacial score (nSPS) is 17.6. The molecule has 4 rings (SSSR count). The van der Waals surface area contributed by atoms with Crippen molar-refractivity contribution in [3.8, 4) is 0 Å². The number of rotatable bonds is 3. The molecule has 3 aromatic rings. The second-order valence-corrected chi connectivity index (χ2v) is 6.69. The predicted molar refractivity (Wildman–Crippen MR) is 96.7 cm³/mol. The maximum absolute atomic E-state index is 12.1. The summed E-state index contributed by atoms with van der Waals surface area (Å²) < 4.78 is 7.75. The molecule has 1 N–H and O–H groups in total. The Kier molecular flexibility index (Phi) is 3.90. The molecule has 0 amide bonds. The van der Waals surface area contributed by atoms with Gasteiger partial charge in [0.15, 0.2) is 5.43 Å². The molecule has 0 saturated carbocycles. The van der Waals surface area contributed by atoms with E-state index in [1.807, 2.05) is 19.3 Å². The van der Waals surface area contributed by atoms with Crippen LogP contribution in [0, 0.1) is 6.92 Å². The Hall–Kier alpha value is -2.11. The van der Waals surface area contributed by atoms with Gasteiger partial charge in [0.25, 0.3) is 0 Å². The van der Waals surface area contributed by atoms with Crippen molar-refractivity contribution in [3.05, 3.63) is 46.4 Å². The third-order valence-electron chi connectivity index (χ3n) is 5.10. The van der Waals surface area contributed by atoms with Gasteiger partial charge in [0.05, 0.1) is 24.2 Å². The van der Waals surface area contributed by atoms with Crippen LogP contribution in [-0.2, 0) is 11.3 Å². The molecule has 1 unspecified atom stereocenters. The van der Waals surface area contributed by atoms with Gasteiger partial charge in [-0.2, -0.15) is 0 Å². The highest BCUT2D eigenvalue weighted by Gasteiger charge is 2.20. The molecule has 0 bridgehead atoms. The molecule has 1 aliphatic heterocycles. The molecule has 1 saturated heterocycles. The van der Waals surface area contributed by atoms with Crippen molar-refractivity contribution in [1.29, 1.82) is 0 Å². The average molecular weight is 325 g/mol. The Morgan fingerprint density at radius 1 is 1.25 bits per heavy atom. The number of hydrogen-bond donors (Lipinski definition) is 1. The predicted octanol–water partition coefficient (Wildman–Crippen LogP) is 2.51. The minimum atomic E-state index is 0.0760.